The van der Waals surface area contributed by atoms with Crippen LogP contribution in [0, 0.1) is 5.92 Å². The number of rotatable bonds is 8. The molecule has 0 saturated heterocycles. The Hall–Kier alpha value is -4.24. The topological polar surface area (TPSA) is 132 Å². The number of benzene rings is 2. The first-order chi connectivity index (χ1) is 20.4. The van der Waals surface area contributed by atoms with E-state index in [4.69, 9.17) is 4.98 Å². The van der Waals surface area contributed by atoms with Crippen LogP contribution in [0.3, 0.4) is 0 Å². The molecule has 2 saturated carbocycles. The van der Waals surface area contributed by atoms with Crippen LogP contribution in [-0.2, 0) is 15.1 Å². The zero-order valence-electron chi connectivity index (χ0n) is 25.0. The molecule has 4 N–H and O–H groups in total. The van der Waals surface area contributed by atoms with E-state index in [9.17, 15) is 24.6 Å². The van der Waals surface area contributed by atoms with Crippen molar-refractivity contribution in [2.24, 2.45) is 5.92 Å². The summed E-state index contributed by atoms with van der Waals surface area (Å²) in [7, 11) is 1.85. The minimum absolute atomic E-state index is 0.0473. The third-order valence-electron chi connectivity index (χ3n) is 9.01. The molecule has 9 heteroatoms. The smallest absolute Gasteiger partial charge is 0.405 e. The number of nitrogens with one attached hydrogen (secondary N) is 2. The predicted octanol–water partition coefficient (Wildman–Crippen LogP) is 5.79. The second-order valence-corrected chi connectivity index (χ2v) is 12.5. The van der Waals surface area contributed by atoms with Gasteiger partial charge in [-0.3, -0.25) is 14.6 Å². The molecular formula is C34H40N4O5. The van der Waals surface area contributed by atoms with Crippen LogP contribution in [0.2, 0.25) is 0 Å². The van der Waals surface area contributed by atoms with Crippen LogP contribution < -0.4 is 10.6 Å². The van der Waals surface area contributed by atoms with Gasteiger partial charge >= 0.3 is 6.09 Å². The van der Waals surface area contributed by atoms with E-state index in [0.717, 1.165) is 53.6 Å². The van der Waals surface area contributed by atoms with Crippen molar-refractivity contribution in [1.29, 1.82) is 0 Å². The number of nitrogens with zero attached hydrogens (tertiary/aromatic N) is 2. The molecule has 2 aliphatic carbocycles. The summed E-state index contributed by atoms with van der Waals surface area (Å²) in [6.45, 7) is 3.30. The molecule has 2 aliphatic rings. The summed E-state index contributed by atoms with van der Waals surface area (Å²) in [6.07, 6.45) is 5.22. The first-order valence-electron chi connectivity index (χ1n) is 14.9. The van der Waals surface area contributed by atoms with E-state index in [1.807, 2.05) is 72.6 Å². The van der Waals surface area contributed by atoms with Gasteiger partial charge in [-0.1, -0.05) is 54.6 Å². The number of amides is 3. The number of carbonyl (C=O) groups excluding carboxylic acids is 2. The van der Waals surface area contributed by atoms with E-state index in [-0.39, 0.29) is 23.8 Å². The minimum Gasteiger partial charge on any atom is -0.465 e. The summed E-state index contributed by atoms with van der Waals surface area (Å²) >= 11 is 0. The maximum Gasteiger partial charge on any atom is 0.405 e. The van der Waals surface area contributed by atoms with E-state index in [2.05, 4.69) is 10.6 Å². The van der Waals surface area contributed by atoms with Crippen molar-refractivity contribution < 1.29 is 24.6 Å². The molecule has 9 nitrogen and oxygen atoms in total. The first-order valence-corrected chi connectivity index (χ1v) is 14.9. The van der Waals surface area contributed by atoms with E-state index < -0.39 is 17.2 Å². The summed E-state index contributed by atoms with van der Waals surface area (Å²) in [4.78, 5) is 42.8. The van der Waals surface area contributed by atoms with Crippen molar-refractivity contribution in [3.63, 3.8) is 0 Å². The van der Waals surface area contributed by atoms with E-state index in [1.165, 1.54) is 0 Å². The number of hydrogen-bond acceptors (Lipinski definition) is 5. The van der Waals surface area contributed by atoms with Gasteiger partial charge in [-0.05, 0) is 55.7 Å². The van der Waals surface area contributed by atoms with Crippen LogP contribution in [0.4, 0.5) is 10.5 Å². The highest BCUT2D eigenvalue weighted by atomic mass is 16.4. The van der Waals surface area contributed by atoms with E-state index in [0.29, 0.717) is 24.9 Å². The Bertz CT molecular complexity index is 1470. The molecule has 226 valence electrons. The second-order valence-electron chi connectivity index (χ2n) is 12.5. The number of anilines is 1. The maximum atomic E-state index is 13.0. The van der Waals surface area contributed by atoms with Gasteiger partial charge in [0.25, 0.3) is 0 Å². The average Bonchev–Trinajstić information content (AvgIpc) is 2.96. The molecule has 1 aromatic heterocycles. The van der Waals surface area contributed by atoms with Crippen LogP contribution in [0.5, 0.6) is 0 Å². The standard InChI is InChI=1S/C34H40N4O5/c1-22(39)38(3)28-15-9-23(10-16-28)17-30(40)36-27-18-29(24-7-5-4-6-8-24)31(35-19-27)25-11-13-26(14-12-25)34(37-32(41)42)20-33(2,43)21-34/h4-8,11-14,18-19,23,28,37,43H,9-10,15-17,20-21H2,1-3H3,(H,36,40)(H,41,42)/t23-,28-,33-,34+. The molecule has 0 bridgehead atoms. The monoisotopic (exact) mass is 584 g/mol. The fraction of sp³-hybridized carbons (Fsp3) is 0.412. The lowest BCUT2D eigenvalue weighted by atomic mass is 9.62. The van der Waals surface area contributed by atoms with Gasteiger partial charge in [-0.15, -0.1) is 0 Å². The van der Waals surface area contributed by atoms with Crippen LogP contribution in [0.25, 0.3) is 22.4 Å². The van der Waals surface area contributed by atoms with Crippen LogP contribution >= 0.6 is 0 Å². The quantitative estimate of drug-likeness (QED) is 0.265. The van der Waals surface area contributed by atoms with Crippen LogP contribution in [0.15, 0.2) is 66.9 Å². The van der Waals surface area contributed by atoms with E-state index in [1.54, 1.807) is 20.0 Å². The van der Waals surface area contributed by atoms with Crippen molar-refractivity contribution in [1.82, 2.24) is 15.2 Å². The minimum atomic E-state index is -1.13. The molecule has 0 spiro atoms. The number of carbonyl (C=O) groups is 3. The zero-order chi connectivity index (χ0) is 30.8. The van der Waals surface area contributed by atoms with Gasteiger partial charge in [-0.25, -0.2) is 4.79 Å². The van der Waals surface area contributed by atoms with Crippen molar-refractivity contribution >= 4 is 23.6 Å². The summed E-state index contributed by atoms with van der Waals surface area (Å²) in [5.74, 6) is 0.317. The third kappa shape index (κ3) is 6.88. The number of aliphatic hydroxyl groups is 1. The second kappa shape index (κ2) is 12.2. The number of aromatic nitrogens is 1. The van der Waals surface area contributed by atoms with Gasteiger partial charge in [0.1, 0.15) is 0 Å². The highest BCUT2D eigenvalue weighted by Gasteiger charge is 2.53. The largest absolute Gasteiger partial charge is 0.465 e. The van der Waals surface area contributed by atoms with Gasteiger partial charge in [0.15, 0.2) is 0 Å². The van der Waals surface area contributed by atoms with Gasteiger partial charge < -0.3 is 25.7 Å². The van der Waals surface area contributed by atoms with Crippen molar-refractivity contribution in [3.8, 4) is 22.4 Å². The summed E-state index contributed by atoms with van der Waals surface area (Å²) in [6, 6.07) is 19.7. The lowest BCUT2D eigenvalue weighted by molar-refractivity contribution is -0.130. The molecule has 43 heavy (non-hydrogen) atoms. The fourth-order valence-electron chi connectivity index (χ4n) is 6.83. The summed E-state index contributed by atoms with van der Waals surface area (Å²) in [5, 5.41) is 25.4. The summed E-state index contributed by atoms with van der Waals surface area (Å²) in [5.41, 5.74) is 3.07. The molecule has 0 unspecified atom stereocenters. The number of hydrogen-bond donors (Lipinski definition) is 4. The number of carboxylic acid groups (broad SMARTS) is 1. The van der Waals surface area contributed by atoms with Crippen molar-refractivity contribution in [3.05, 3.63) is 72.4 Å². The Balaban J connectivity index is 1.33. The predicted molar refractivity (Wildman–Crippen MR) is 165 cm³/mol. The first kappa shape index (κ1) is 30.2. The molecule has 1 heterocycles. The Morgan fingerprint density at radius 1 is 0.977 bits per heavy atom. The van der Waals surface area contributed by atoms with Gasteiger partial charge in [-0.2, -0.15) is 0 Å². The van der Waals surface area contributed by atoms with Gasteiger partial charge in [0, 0.05) is 50.4 Å². The highest BCUT2D eigenvalue weighted by Crippen LogP contribution is 2.48. The molecule has 2 aromatic carbocycles. The molecule has 5 rings (SSSR count). The Morgan fingerprint density at radius 3 is 2.21 bits per heavy atom. The highest BCUT2D eigenvalue weighted by molar-refractivity contribution is 5.93. The summed E-state index contributed by atoms with van der Waals surface area (Å²) < 4.78 is 0. The molecule has 3 amide bonds. The lowest BCUT2D eigenvalue weighted by Crippen LogP contribution is -2.61. The molecule has 0 aliphatic heterocycles. The Kier molecular flexibility index (Phi) is 8.55. The fourth-order valence-corrected chi connectivity index (χ4v) is 6.83. The third-order valence-corrected chi connectivity index (χ3v) is 9.01. The van der Waals surface area contributed by atoms with Gasteiger partial charge in [0.2, 0.25) is 11.8 Å². The van der Waals surface area contributed by atoms with Crippen LogP contribution in [0.1, 0.15) is 64.4 Å². The molecule has 2 fully saturated rings. The molecular weight excluding hydrogens is 544 g/mol. The van der Waals surface area contributed by atoms with Crippen LogP contribution in [-0.4, -0.2) is 56.7 Å². The van der Waals surface area contributed by atoms with Crippen molar-refractivity contribution in [2.45, 2.75) is 76.0 Å². The van der Waals surface area contributed by atoms with E-state index >= 15 is 0 Å². The maximum absolute atomic E-state index is 13.0. The molecule has 0 radical (unpaired) electrons. The lowest BCUT2D eigenvalue weighted by Gasteiger charge is -2.51. The zero-order valence-corrected chi connectivity index (χ0v) is 25.0. The average molecular weight is 585 g/mol. The SMILES string of the molecule is CC(=O)N(C)[C@H]1CC[C@H](CC(=O)Nc2cnc(-c3ccc([C@]4(NC(=O)O)C[C@@](C)(O)C4)cc3)c(-c3ccccc3)c2)CC1. The molecule has 3 aromatic rings. The Morgan fingerprint density at radius 2 is 1.63 bits per heavy atom. The normalized spacial score (nSPS) is 24.8. The molecule has 0 atom stereocenters. The number of pyridine rings is 1. The van der Waals surface area contributed by atoms with Gasteiger partial charge in [0.05, 0.1) is 28.7 Å². The Labute approximate surface area is 252 Å². The van der Waals surface area contributed by atoms with Crippen molar-refractivity contribution in [2.75, 3.05) is 12.4 Å².